The summed E-state index contributed by atoms with van der Waals surface area (Å²) in [4.78, 5) is 0. The number of nitrogen functional groups attached to an aromatic ring is 1. The molecule has 0 amide bonds. The van der Waals surface area contributed by atoms with Crippen LogP contribution in [0.15, 0.2) is 158 Å². The molecule has 8 aromatic rings. The van der Waals surface area contributed by atoms with E-state index < -0.39 is 0 Å². The Morgan fingerprint density at radius 3 is 2.11 bits per heavy atom. The summed E-state index contributed by atoms with van der Waals surface area (Å²) in [7, 11) is 0. The largest absolute Gasteiger partial charge is 0.398 e. The third-order valence-corrected chi connectivity index (χ3v) is 9.34. The van der Waals surface area contributed by atoms with E-state index in [1.54, 1.807) is 0 Å². The zero-order chi connectivity index (χ0) is 29.9. The lowest BCUT2D eigenvalue weighted by atomic mass is 9.97. The Morgan fingerprint density at radius 1 is 0.511 bits per heavy atom. The molecule has 1 aromatic heterocycles. The van der Waals surface area contributed by atoms with E-state index >= 15 is 0 Å². The first-order valence-electron chi connectivity index (χ1n) is 15.5. The van der Waals surface area contributed by atoms with Crippen LogP contribution >= 0.6 is 0 Å². The molecule has 0 saturated heterocycles. The van der Waals surface area contributed by atoms with Gasteiger partial charge in [-0.05, 0) is 98.6 Å². The number of fused-ring (bicyclic) bond motifs is 7. The van der Waals surface area contributed by atoms with E-state index in [1.165, 1.54) is 77.2 Å². The minimum Gasteiger partial charge on any atom is -0.398 e. The average Bonchev–Trinajstić information content (AvgIpc) is 3.60. The molecule has 0 spiro atoms. The third-order valence-electron chi connectivity index (χ3n) is 9.34. The number of para-hydroxylation sites is 2. The molecular weight excluding hydrogens is 544 g/mol. The monoisotopic (exact) mass is 574 g/mol. The van der Waals surface area contributed by atoms with E-state index in [0.717, 1.165) is 17.7 Å². The van der Waals surface area contributed by atoms with Gasteiger partial charge >= 0.3 is 0 Å². The highest BCUT2D eigenvalue weighted by Crippen LogP contribution is 2.46. The quantitative estimate of drug-likeness (QED) is 0.208. The zero-order valence-corrected chi connectivity index (χ0v) is 24.7. The predicted octanol–water partition coefficient (Wildman–Crippen LogP) is 10.8. The summed E-state index contributed by atoms with van der Waals surface area (Å²) in [5.41, 5.74) is 20.8. The van der Waals surface area contributed by atoms with Gasteiger partial charge in [0.05, 0.1) is 11.0 Å². The summed E-state index contributed by atoms with van der Waals surface area (Å²) < 4.78 is 2.36. The summed E-state index contributed by atoms with van der Waals surface area (Å²) >= 11 is 0. The molecule has 0 fully saturated rings. The van der Waals surface area contributed by atoms with Crippen molar-refractivity contribution in [1.82, 2.24) is 4.57 Å². The number of anilines is 1. The SMILES string of the molecule is Nc1cccc2c1/C(=C\Cc1ccc3cc(-c4ccc5c(c4)c4ccccc4n5-c4ccccc4)ccc3c1)c1ccccc1-2. The first-order chi connectivity index (χ1) is 22.2. The minimum atomic E-state index is 0.837. The van der Waals surface area contributed by atoms with Gasteiger partial charge in [0.25, 0.3) is 0 Å². The summed E-state index contributed by atoms with van der Waals surface area (Å²) in [6, 6.07) is 54.7. The Bertz CT molecular complexity index is 2460. The van der Waals surface area contributed by atoms with Crippen molar-refractivity contribution in [2.24, 2.45) is 0 Å². The van der Waals surface area contributed by atoms with Crippen LogP contribution < -0.4 is 5.73 Å². The summed E-state index contributed by atoms with van der Waals surface area (Å²) in [5.74, 6) is 0. The van der Waals surface area contributed by atoms with Gasteiger partial charge in [0.2, 0.25) is 0 Å². The van der Waals surface area contributed by atoms with Gasteiger partial charge in [-0.2, -0.15) is 0 Å². The predicted molar refractivity (Wildman–Crippen MR) is 191 cm³/mol. The molecule has 1 aliphatic carbocycles. The normalized spacial score (nSPS) is 13.1. The molecule has 1 heterocycles. The van der Waals surface area contributed by atoms with Crippen molar-refractivity contribution in [3.8, 4) is 27.9 Å². The van der Waals surface area contributed by atoms with Crippen LogP contribution in [-0.4, -0.2) is 4.57 Å². The van der Waals surface area contributed by atoms with E-state index in [4.69, 9.17) is 5.73 Å². The Morgan fingerprint density at radius 2 is 1.20 bits per heavy atom. The van der Waals surface area contributed by atoms with E-state index in [2.05, 4.69) is 150 Å². The molecule has 212 valence electrons. The number of nitrogens with zero attached hydrogens (tertiary/aromatic N) is 1. The van der Waals surface area contributed by atoms with Gasteiger partial charge in [-0.1, -0.05) is 115 Å². The molecule has 45 heavy (non-hydrogen) atoms. The van der Waals surface area contributed by atoms with Crippen molar-refractivity contribution in [3.05, 3.63) is 174 Å². The number of rotatable bonds is 4. The molecule has 0 atom stereocenters. The number of allylic oxidation sites excluding steroid dienone is 1. The molecular formula is C43H30N2. The van der Waals surface area contributed by atoms with E-state index in [1.807, 2.05) is 12.1 Å². The molecule has 0 radical (unpaired) electrons. The maximum absolute atomic E-state index is 6.49. The number of hydrogen-bond acceptors (Lipinski definition) is 1. The van der Waals surface area contributed by atoms with Crippen LogP contribution in [0.5, 0.6) is 0 Å². The number of hydrogen-bond donors (Lipinski definition) is 1. The van der Waals surface area contributed by atoms with Gasteiger partial charge in [0.15, 0.2) is 0 Å². The van der Waals surface area contributed by atoms with E-state index in [0.29, 0.717) is 0 Å². The van der Waals surface area contributed by atoms with Crippen LogP contribution in [0.25, 0.3) is 66.1 Å². The number of aromatic nitrogens is 1. The summed E-state index contributed by atoms with van der Waals surface area (Å²) in [6.07, 6.45) is 3.19. The molecule has 9 rings (SSSR count). The highest BCUT2D eigenvalue weighted by molar-refractivity contribution is 6.10. The molecule has 2 N–H and O–H groups in total. The average molecular weight is 575 g/mol. The molecule has 1 aliphatic rings. The molecule has 7 aromatic carbocycles. The van der Waals surface area contributed by atoms with Crippen LogP contribution in [0.4, 0.5) is 5.69 Å². The van der Waals surface area contributed by atoms with Gasteiger partial charge in [0, 0.05) is 27.7 Å². The van der Waals surface area contributed by atoms with Crippen LogP contribution in [0.3, 0.4) is 0 Å². The zero-order valence-electron chi connectivity index (χ0n) is 24.7. The topological polar surface area (TPSA) is 30.9 Å². The fraction of sp³-hybridized carbons (Fsp3) is 0.0233. The molecule has 0 aliphatic heterocycles. The van der Waals surface area contributed by atoms with Crippen molar-refractivity contribution in [2.45, 2.75) is 6.42 Å². The Balaban J connectivity index is 1.07. The lowest BCUT2D eigenvalue weighted by Gasteiger charge is -2.09. The van der Waals surface area contributed by atoms with Crippen LogP contribution in [-0.2, 0) is 6.42 Å². The highest BCUT2D eigenvalue weighted by atomic mass is 15.0. The first kappa shape index (κ1) is 25.6. The van der Waals surface area contributed by atoms with Gasteiger partial charge < -0.3 is 10.3 Å². The lowest BCUT2D eigenvalue weighted by molar-refractivity contribution is 1.18. The minimum absolute atomic E-state index is 0.837. The Labute approximate surface area is 262 Å². The summed E-state index contributed by atoms with van der Waals surface area (Å²) in [5, 5.41) is 5.04. The van der Waals surface area contributed by atoms with Gasteiger partial charge in [-0.3, -0.25) is 0 Å². The highest BCUT2D eigenvalue weighted by Gasteiger charge is 2.24. The Hall–Kier alpha value is -5.86. The molecule has 0 saturated carbocycles. The van der Waals surface area contributed by atoms with Crippen molar-refractivity contribution >= 4 is 43.8 Å². The molecule has 2 nitrogen and oxygen atoms in total. The van der Waals surface area contributed by atoms with E-state index in [9.17, 15) is 0 Å². The standard InChI is InChI=1S/C43H30N2/c44-40-15-8-14-37-34-11-4-5-12-35(34)38(43(37)40)23-18-28-17-19-30-26-31(21-20-29(30)25-28)32-22-24-42-39(27-32)36-13-6-7-16-41(36)45(42)33-9-2-1-3-10-33/h1-17,19-27H,18,44H2/b38-23-. The summed E-state index contributed by atoms with van der Waals surface area (Å²) in [6.45, 7) is 0. The van der Waals surface area contributed by atoms with Gasteiger partial charge in [-0.25, -0.2) is 0 Å². The van der Waals surface area contributed by atoms with Crippen LogP contribution in [0.1, 0.15) is 16.7 Å². The fourth-order valence-electron chi connectivity index (χ4n) is 7.22. The molecule has 0 unspecified atom stereocenters. The van der Waals surface area contributed by atoms with Crippen molar-refractivity contribution in [1.29, 1.82) is 0 Å². The number of nitrogens with two attached hydrogens (primary N) is 1. The van der Waals surface area contributed by atoms with Crippen molar-refractivity contribution in [3.63, 3.8) is 0 Å². The first-order valence-corrected chi connectivity index (χ1v) is 15.5. The third kappa shape index (κ3) is 4.11. The molecule has 0 bridgehead atoms. The van der Waals surface area contributed by atoms with Crippen LogP contribution in [0.2, 0.25) is 0 Å². The van der Waals surface area contributed by atoms with E-state index in [-0.39, 0.29) is 0 Å². The maximum atomic E-state index is 6.49. The second kappa shape index (κ2) is 10.1. The van der Waals surface area contributed by atoms with Gasteiger partial charge in [0.1, 0.15) is 0 Å². The molecule has 2 heteroatoms. The van der Waals surface area contributed by atoms with Crippen LogP contribution in [0, 0.1) is 0 Å². The number of benzene rings is 7. The fourth-order valence-corrected chi connectivity index (χ4v) is 7.22. The van der Waals surface area contributed by atoms with Gasteiger partial charge in [-0.15, -0.1) is 0 Å². The lowest BCUT2D eigenvalue weighted by Crippen LogP contribution is -1.93. The second-order valence-corrected chi connectivity index (χ2v) is 12.0. The van der Waals surface area contributed by atoms with Crippen molar-refractivity contribution in [2.75, 3.05) is 5.73 Å². The second-order valence-electron chi connectivity index (χ2n) is 12.0. The maximum Gasteiger partial charge on any atom is 0.0541 e. The Kier molecular flexibility index (Phi) is 5.76. The smallest absolute Gasteiger partial charge is 0.0541 e. The van der Waals surface area contributed by atoms with Crippen molar-refractivity contribution < 1.29 is 0 Å².